The molecule has 1 fully saturated rings. The molecule has 2 aromatic rings. The van der Waals surface area contributed by atoms with Crippen molar-refractivity contribution in [3.63, 3.8) is 0 Å². The minimum Gasteiger partial charge on any atom is -0.326 e. The Kier molecular flexibility index (Phi) is 5.12. The van der Waals surface area contributed by atoms with Crippen molar-refractivity contribution in [1.29, 1.82) is 0 Å². The van der Waals surface area contributed by atoms with E-state index in [-0.39, 0.29) is 29.9 Å². The molecule has 26 heavy (non-hydrogen) atoms. The molecule has 0 radical (unpaired) electrons. The monoisotopic (exact) mass is 395 g/mol. The molecule has 140 valence electrons. The number of aromatic nitrogens is 2. The van der Waals surface area contributed by atoms with Crippen LogP contribution in [0.15, 0.2) is 18.2 Å². The molecule has 1 aromatic heterocycles. The first-order valence-corrected chi connectivity index (χ1v) is 10.7. The van der Waals surface area contributed by atoms with Gasteiger partial charge < -0.3 is 5.32 Å². The molecule has 1 aliphatic rings. The van der Waals surface area contributed by atoms with Crippen molar-refractivity contribution >= 4 is 33.0 Å². The maximum atomic E-state index is 12.4. The molecule has 1 N–H and O–H groups in total. The number of aryl methyl sites for hydroxylation is 2. The van der Waals surface area contributed by atoms with Gasteiger partial charge in [-0.1, -0.05) is 17.7 Å². The lowest BCUT2D eigenvalue weighted by molar-refractivity contribution is -0.115. The lowest BCUT2D eigenvalue weighted by atomic mass is 10.1. The SMILES string of the molecule is Cc1ccc(NC(=O)Cc2c(C)nn(C3CCS(=O)(=O)C3)c2C)cc1Cl. The number of anilines is 1. The van der Waals surface area contributed by atoms with Gasteiger partial charge in [-0.2, -0.15) is 5.10 Å². The number of benzene rings is 1. The number of nitrogens with one attached hydrogen (secondary N) is 1. The quantitative estimate of drug-likeness (QED) is 0.862. The lowest BCUT2D eigenvalue weighted by Crippen LogP contribution is -2.16. The molecule has 1 aliphatic heterocycles. The molecule has 0 bridgehead atoms. The fourth-order valence-electron chi connectivity index (χ4n) is 3.31. The molecule has 3 rings (SSSR count). The summed E-state index contributed by atoms with van der Waals surface area (Å²) in [5, 5.41) is 7.95. The van der Waals surface area contributed by atoms with Crippen LogP contribution in [0.4, 0.5) is 5.69 Å². The average Bonchev–Trinajstić information content (AvgIpc) is 3.04. The highest BCUT2D eigenvalue weighted by atomic mass is 35.5. The number of rotatable bonds is 4. The Bertz CT molecular complexity index is 966. The molecule has 0 saturated carbocycles. The third-order valence-electron chi connectivity index (χ3n) is 4.82. The van der Waals surface area contributed by atoms with Crippen LogP contribution in [0.25, 0.3) is 0 Å². The van der Waals surface area contributed by atoms with Gasteiger partial charge in [-0.3, -0.25) is 9.48 Å². The Morgan fingerprint density at radius 1 is 1.35 bits per heavy atom. The molecular weight excluding hydrogens is 374 g/mol. The second kappa shape index (κ2) is 7.04. The standard InChI is InChI=1S/C18H22ClN3O3S/c1-11-4-5-14(8-17(11)19)20-18(23)9-16-12(2)21-22(13(16)3)15-6-7-26(24,25)10-15/h4-5,8,15H,6-7,9-10H2,1-3H3,(H,20,23). The Labute approximate surface area is 158 Å². The van der Waals surface area contributed by atoms with Crippen molar-refractivity contribution in [2.45, 2.75) is 39.7 Å². The van der Waals surface area contributed by atoms with Gasteiger partial charge in [0.2, 0.25) is 5.91 Å². The Hall–Kier alpha value is -1.86. The molecule has 8 heteroatoms. The van der Waals surface area contributed by atoms with Gasteiger partial charge in [0.25, 0.3) is 0 Å². The zero-order valence-electron chi connectivity index (χ0n) is 15.0. The number of amides is 1. The molecule has 0 aliphatic carbocycles. The minimum atomic E-state index is -2.99. The molecule has 1 atom stereocenters. The largest absolute Gasteiger partial charge is 0.326 e. The van der Waals surface area contributed by atoms with E-state index in [9.17, 15) is 13.2 Å². The van der Waals surface area contributed by atoms with Crippen LogP contribution in [-0.4, -0.2) is 35.6 Å². The van der Waals surface area contributed by atoms with Crippen molar-refractivity contribution in [3.8, 4) is 0 Å². The van der Waals surface area contributed by atoms with E-state index in [1.54, 1.807) is 10.7 Å². The summed E-state index contributed by atoms with van der Waals surface area (Å²) < 4.78 is 25.2. The molecule has 1 saturated heterocycles. The maximum Gasteiger partial charge on any atom is 0.228 e. The summed E-state index contributed by atoms with van der Waals surface area (Å²) in [6.07, 6.45) is 0.750. The minimum absolute atomic E-state index is 0.114. The molecular formula is C18H22ClN3O3S. The molecule has 1 aromatic carbocycles. The highest BCUT2D eigenvalue weighted by Gasteiger charge is 2.31. The van der Waals surface area contributed by atoms with Gasteiger partial charge in [0, 0.05) is 22.0 Å². The number of hydrogen-bond donors (Lipinski definition) is 1. The van der Waals surface area contributed by atoms with Gasteiger partial charge in [0.1, 0.15) is 0 Å². The fraction of sp³-hybridized carbons (Fsp3) is 0.444. The van der Waals surface area contributed by atoms with E-state index in [1.807, 2.05) is 32.9 Å². The second-order valence-corrected chi connectivity index (χ2v) is 9.48. The third-order valence-corrected chi connectivity index (χ3v) is 6.98. The number of sulfone groups is 1. The molecule has 0 spiro atoms. The van der Waals surface area contributed by atoms with Gasteiger partial charge in [-0.25, -0.2) is 8.42 Å². The summed E-state index contributed by atoms with van der Waals surface area (Å²) in [5.41, 5.74) is 4.04. The zero-order valence-corrected chi connectivity index (χ0v) is 16.6. The van der Waals surface area contributed by atoms with Crippen LogP contribution in [0.2, 0.25) is 5.02 Å². The predicted octanol–water partition coefficient (Wildman–Crippen LogP) is 3.00. The van der Waals surface area contributed by atoms with E-state index in [2.05, 4.69) is 10.4 Å². The summed E-state index contributed by atoms with van der Waals surface area (Å²) in [4.78, 5) is 12.4. The van der Waals surface area contributed by atoms with Crippen LogP contribution < -0.4 is 5.32 Å². The molecule has 1 unspecified atom stereocenters. The van der Waals surface area contributed by atoms with E-state index in [4.69, 9.17) is 11.6 Å². The second-order valence-electron chi connectivity index (χ2n) is 6.84. The number of hydrogen-bond acceptors (Lipinski definition) is 4. The highest BCUT2D eigenvalue weighted by Crippen LogP contribution is 2.27. The third kappa shape index (κ3) is 3.94. The van der Waals surface area contributed by atoms with Gasteiger partial charge in [0.05, 0.1) is 29.7 Å². The molecule has 6 nitrogen and oxygen atoms in total. The van der Waals surface area contributed by atoms with Crippen molar-refractivity contribution in [1.82, 2.24) is 9.78 Å². The van der Waals surface area contributed by atoms with E-state index in [1.165, 1.54) is 0 Å². The summed E-state index contributed by atoms with van der Waals surface area (Å²) in [5.74, 6) is 0.150. The first kappa shape index (κ1) is 18.9. The summed E-state index contributed by atoms with van der Waals surface area (Å²) in [6.45, 7) is 5.63. The van der Waals surface area contributed by atoms with Crippen LogP contribution in [-0.2, 0) is 21.1 Å². The Morgan fingerprint density at radius 3 is 2.69 bits per heavy atom. The van der Waals surface area contributed by atoms with Crippen molar-refractivity contribution in [2.24, 2.45) is 0 Å². The highest BCUT2D eigenvalue weighted by molar-refractivity contribution is 7.91. The van der Waals surface area contributed by atoms with Gasteiger partial charge in [-0.05, 0) is 44.9 Å². The number of carbonyl (C=O) groups is 1. The van der Waals surface area contributed by atoms with Crippen LogP contribution in [0, 0.1) is 20.8 Å². The summed E-state index contributed by atoms with van der Waals surface area (Å²) in [7, 11) is -2.99. The van der Waals surface area contributed by atoms with Crippen LogP contribution >= 0.6 is 11.6 Å². The van der Waals surface area contributed by atoms with Crippen molar-refractivity contribution < 1.29 is 13.2 Å². The number of halogens is 1. The summed E-state index contributed by atoms with van der Waals surface area (Å²) in [6, 6.07) is 5.24. The molecule has 2 heterocycles. The van der Waals surface area contributed by atoms with Crippen molar-refractivity contribution in [2.75, 3.05) is 16.8 Å². The Morgan fingerprint density at radius 2 is 2.08 bits per heavy atom. The smallest absolute Gasteiger partial charge is 0.228 e. The van der Waals surface area contributed by atoms with Gasteiger partial charge >= 0.3 is 0 Å². The van der Waals surface area contributed by atoms with E-state index in [0.717, 1.165) is 22.5 Å². The predicted molar refractivity (Wildman–Crippen MR) is 103 cm³/mol. The van der Waals surface area contributed by atoms with E-state index >= 15 is 0 Å². The first-order valence-electron chi connectivity index (χ1n) is 8.47. The average molecular weight is 396 g/mol. The lowest BCUT2D eigenvalue weighted by Gasteiger charge is -2.11. The summed E-state index contributed by atoms with van der Waals surface area (Å²) >= 11 is 6.09. The van der Waals surface area contributed by atoms with E-state index in [0.29, 0.717) is 17.1 Å². The zero-order chi connectivity index (χ0) is 19.1. The van der Waals surface area contributed by atoms with Gasteiger partial charge in [-0.15, -0.1) is 0 Å². The topological polar surface area (TPSA) is 81.1 Å². The molecule has 1 amide bonds. The number of nitrogens with zero attached hydrogens (tertiary/aromatic N) is 2. The van der Waals surface area contributed by atoms with E-state index < -0.39 is 9.84 Å². The van der Waals surface area contributed by atoms with Crippen molar-refractivity contribution in [3.05, 3.63) is 45.7 Å². The van der Waals surface area contributed by atoms with Gasteiger partial charge in [0.15, 0.2) is 9.84 Å². The van der Waals surface area contributed by atoms with Crippen LogP contribution in [0.5, 0.6) is 0 Å². The normalized spacial score (nSPS) is 18.8. The first-order chi connectivity index (χ1) is 12.2. The fourth-order valence-corrected chi connectivity index (χ4v) is 5.19. The maximum absolute atomic E-state index is 12.4. The van der Waals surface area contributed by atoms with Crippen LogP contribution in [0.3, 0.4) is 0 Å². The van der Waals surface area contributed by atoms with Crippen LogP contribution in [0.1, 0.15) is 35.0 Å². The number of carbonyl (C=O) groups excluding carboxylic acids is 1. The Balaban J connectivity index is 1.75.